The van der Waals surface area contributed by atoms with E-state index in [1.54, 1.807) is 0 Å². The number of aromatic nitrogens is 3. The maximum Gasteiger partial charge on any atom is 0.305 e. The molecule has 1 heterocycles. The first-order valence-electron chi connectivity index (χ1n) is 6.88. The minimum absolute atomic E-state index is 0.123. The Hall–Kier alpha value is -2.11. The third-order valence-electron chi connectivity index (χ3n) is 3.32. The van der Waals surface area contributed by atoms with Crippen molar-refractivity contribution < 1.29 is 9.90 Å². The van der Waals surface area contributed by atoms with Gasteiger partial charge in [-0.25, -0.2) is 4.68 Å². The van der Waals surface area contributed by atoms with E-state index in [4.69, 9.17) is 5.11 Å². The second-order valence-corrected chi connectivity index (χ2v) is 4.90. The van der Waals surface area contributed by atoms with Gasteiger partial charge in [0, 0.05) is 25.8 Å². The maximum atomic E-state index is 10.6. The second-order valence-electron chi connectivity index (χ2n) is 4.90. The highest BCUT2D eigenvalue weighted by Crippen LogP contribution is 2.20. The van der Waals surface area contributed by atoms with Crippen LogP contribution in [-0.4, -0.2) is 39.7 Å². The zero-order valence-corrected chi connectivity index (χ0v) is 11.9. The summed E-state index contributed by atoms with van der Waals surface area (Å²) in [6, 6.07) is 5.93. The highest BCUT2D eigenvalue weighted by atomic mass is 16.4. The summed E-state index contributed by atoms with van der Waals surface area (Å²) in [5.74, 6) is -0.788. The summed E-state index contributed by atoms with van der Waals surface area (Å²) >= 11 is 0. The Labute approximate surface area is 118 Å². The summed E-state index contributed by atoms with van der Waals surface area (Å²) in [5, 5.41) is 17.1. The SMILES string of the molecule is CCCCn1nnc2cc(N(C)CCC(=O)O)ccc21. The summed E-state index contributed by atoms with van der Waals surface area (Å²) in [6.45, 7) is 3.50. The van der Waals surface area contributed by atoms with Crippen molar-refractivity contribution in [3.05, 3.63) is 18.2 Å². The number of rotatable bonds is 7. The molecule has 0 amide bonds. The zero-order chi connectivity index (χ0) is 14.5. The first kappa shape index (κ1) is 14.3. The topological polar surface area (TPSA) is 71.2 Å². The Morgan fingerprint density at radius 3 is 2.95 bits per heavy atom. The lowest BCUT2D eigenvalue weighted by molar-refractivity contribution is -0.136. The predicted octanol–water partition coefficient (Wildman–Crippen LogP) is 2.14. The molecule has 0 aliphatic rings. The van der Waals surface area contributed by atoms with Crippen molar-refractivity contribution in [3.63, 3.8) is 0 Å². The largest absolute Gasteiger partial charge is 0.481 e. The van der Waals surface area contributed by atoms with E-state index in [1.165, 1.54) is 0 Å². The minimum atomic E-state index is -0.788. The number of unbranched alkanes of at least 4 members (excludes halogenated alkanes) is 1. The van der Waals surface area contributed by atoms with Gasteiger partial charge in [-0.3, -0.25) is 4.79 Å². The number of fused-ring (bicyclic) bond motifs is 1. The number of hydrogen-bond donors (Lipinski definition) is 1. The fraction of sp³-hybridized carbons (Fsp3) is 0.500. The third kappa shape index (κ3) is 3.26. The molecule has 108 valence electrons. The van der Waals surface area contributed by atoms with Gasteiger partial charge in [0.15, 0.2) is 0 Å². The monoisotopic (exact) mass is 276 g/mol. The molecule has 0 atom stereocenters. The van der Waals surface area contributed by atoms with Gasteiger partial charge in [0.25, 0.3) is 0 Å². The van der Waals surface area contributed by atoms with Gasteiger partial charge >= 0.3 is 5.97 Å². The molecule has 0 aliphatic heterocycles. The van der Waals surface area contributed by atoms with Crippen LogP contribution in [0, 0.1) is 0 Å². The molecule has 6 heteroatoms. The first-order chi connectivity index (χ1) is 9.61. The maximum absolute atomic E-state index is 10.6. The Kier molecular flexibility index (Phi) is 4.55. The van der Waals surface area contributed by atoms with Gasteiger partial charge in [-0.1, -0.05) is 18.6 Å². The highest BCUT2D eigenvalue weighted by molar-refractivity contribution is 5.79. The number of carbonyl (C=O) groups is 1. The predicted molar refractivity (Wildman–Crippen MR) is 78.0 cm³/mol. The lowest BCUT2D eigenvalue weighted by Crippen LogP contribution is -2.20. The number of carboxylic acid groups (broad SMARTS) is 1. The van der Waals surface area contributed by atoms with Crippen LogP contribution in [0.5, 0.6) is 0 Å². The number of benzene rings is 1. The first-order valence-corrected chi connectivity index (χ1v) is 6.88. The van der Waals surface area contributed by atoms with Gasteiger partial charge in [0.05, 0.1) is 11.9 Å². The molecule has 0 radical (unpaired) electrons. The molecule has 0 fully saturated rings. The fourth-order valence-corrected chi connectivity index (χ4v) is 2.06. The molecule has 0 saturated carbocycles. The number of aryl methyl sites for hydroxylation is 1. The van der Waals surface area contributed by atoms with Crippen LogP contribution in [0.3, 0.4) is 0 Å². The smallest absolute Gasteiger partial charge is 0.305 e. The number of anilines is 1. The van der Waals surface area contributed by atoms with E-state index >= 15 is 0 Å². The van der Waals surface area contributed by atoms with E-state index in [1.807, 2.05) is 34.8 Å². The molecule has 20 heavy (non-hydrogen) atoms. The number of carboxylic acids is 1. The van der Waals surface area contributed by atoms with Crippen LogP contribution in [0.4, 0.5) is 5.69 Å². The molecule has 1 N–H and O–H groups in total. The van der Waals surface area contributed by atoms with Gasteiger partial charge < -0.3 is 10.0 Å². The molecule has 0 spiro atoms. The van der Waals surface area contributed by atoms with Crippen LogP contribution in [0.2, 0.25) is 0 Å². The van der Waals surface area contributed by atoms with Crippen LogP contribution in [-0.2, 0) is 11.3 Å². The van der Waals surface area contributed by atoms with E-state index in [-0.39, 0.29) is 6.42 Å². The van der Waals surface area contributed by atoms with Gasteiger partial charge in [0.2, 0.25) is 0 Å². The van der Waals surface area contributed by atoms with Gasteiger partial charge in [-0.05, 0) is 24.6 Å². The molecular formula is C14H20N4O2. The molecule has 0 saturated heterocycles. The lowest BCUT2D eigenvalue weighted by Gasteiger charge is -2.18. The zero-order valence-electron chi connectivity index (χ0n) is 11.9. The Morgan fingerprint density at radius 2 is 2.25 bits per heavy atom. The van der Waals surface area contributed by atoms with Crippen LogP contribution in [0.1, 0.15) is 26.2 Å². The summed E-state index contributed by atoms with van der Waals surface area (Å²) in [6.07, 6.45) is 2.33. The standard InChI is InChI=1S/C14H20N4O2/c1-3-4-8-18-13-6-5-11(10-12(13)15-16-18)17(2)9-7-14(19)20/h5-6,10H,3-4,7-9H2,1-2H3,(H,19,20). The third-order valence-corrected chi connectivity index (χ3v) is 3.32. The summed E-state index contributed by atoms with van der Waals surface area (Å²) < 4.78 is 1.92. The lowest BCUT2D eigenvalue weighted by atomic mass is 10.2. The van der Waals surface area contributed by atoms with Crippen LogP contribution in [0.15, 0.2) is 18.2 Å². The van der Waals surface area contributed by atoms with Gasteiger partial charge in [-0.2, -0.15) is 0 Å². The molecule has 0 aliphatic carbocycles. The van der Waals surface area contributed by atoms with E-state index in [9.17, 15) is 4.79 Å². The average Bonchev–Trinajstić information content (AvgIpc) is 2.84. The number of nitrogens with zero attached hydrogens (tertiary/aromatic N) is 4. The van der Waals surface area contributed by atoms with Gasteiger partial charge in [-0.15, -0.1) is 5.10 Å². The Morgan fingerprint density at radius 1 is 1.45 bits per heavy atom. The van der Waals surface area contributed by atoms with Crippen LogP contribution >= 0.6 is 0 Å². The van der Waals surface area contributed by atoms with Crippen molar-refractivity contribution in [2.24, 2.45) is 0 Å². The minimum Gasteiger partial charge on any atom is -0.481 e. The van der Waals surface area contributed by atoms with Gasteiger partial charge in [0.1, 0.15) is 5.52 Å². The van der Waals surface area contributed by atoms with E-state index in [2.05, 4.69) is 17.2 Å². The quantitative estimate of drug-likeness (QED) is 0.839. The molecule has 2 rings (SSSR count). The molecular weight excluding hydrogens is 256 g/mol. The molecule has 6 nitrogen and oxygen atoms in total. The van der Waals surface area contributed by atoms with Crippen molar-refractivity contribution >= 4 is 22.7 Å². The molecule has 2 aromatic rings. The summed E-state index contributed by atoms with van der Waals surface area (Å²) in [5.41, 5.74) is 2.83. The van der Waals surface area contributed by atoms with E-state index in [0.717, 1.165) is 36.1 Å². The Balaban J connectivity index is 2.15. The molecule has 0 bridgehead atoms. The van der Waals surface area contributed by atoms with Crippen molar-refractivity contribution in [2.45, 2.75) is 32.7 Å². The normalized spacial score (nSPS) is 10.9. The number of hydrogen-bond acceptors (Lipinski definition) is 4. The molecule has 1 aromatic carbocycles. The van der Waals surface area contributed by atoms with Crippen molar-refractivity contribution in [2.75, 3.05) is 18.5 Å². The van der Waals surface area contributed by atoms with Crippen LogP contribution < -0.4 is 4.90 Å². The second kappa shape index (κ2) is 6.36. The number of aliphatic carboxylic acids is 1. The van der Waals surface area contributed by atoms with Crippen molar-refractivity contribution in [1.29, 1.82) is 0 Å². The van der Waals surface area contributed by atoms with Crippen molar-refractivity contribution in [3.8, 4) is 0 Å². The Bertz CT molecular complexity index is 594. The summed E-state index contributed by atoms with van der Waals surface area (Å²) in [7, 11) is 1.88. The fourth-order valence-electron chi connectivity index (χ4n) is 2.06. The van der Waals surface area contributed by atoms with Crippen LogP contribution in [0.25, 0.3) is 11.0 Å². The average molecular weight is 276 g/mol. The highest BCUT2D eigenvalue weighted by Gasteiger charge is 2.08. The van der Waals surface area contributed by atoms with Crippen molar-refractivity contribution in [1.82, 2.24) is 15.0 Å². The summed E-state index contributed by atoms with van der Waals surface area (Å²) in [4.78, 5) is 12.5. The molecule has 0 unspecified atom stereocenters. The molecule has 1 aromatic heterocycles. The van der Waals surface area contributed by atoms with E-state index < -0.39 is 5.97 Å². The van der Waals surface area contributed by atoms with E-state index in [0.29, 0.717) is 6.54 Å².